The Hall–Kier alpha value is -1.54. The van der Waals surface area contributed by atoms with Crippen molar-refractivity contribution in [3.05, 3.63) is 33.6 Å². The van der Waals surface area contributed by atoms with E-state index in [-0.39, 0.29) is 10.5 Å². The van der Waals surface area contributed by atoms with Gasteiger partial charge in [0.15, 0.2) is 0 Å². The van der Waals surface area contributed by atoms with Gasteiger partial charge in [0, 0.05) is 19.2 Å². The molecule has 6 nitrogen and oxygen atoms in total. The predicted molar refractivity (Wildman–Crippen MR) is 77.1 cm³/mol. The first kappa shape index (κ1) is 17.5. The summed E-state index contributed by atoms with van der Waals surface area (Å²) < 4.78 is 40.0. The lowest BCUT2D eigenvalue weighted by molar-refractivity contribution is -0.387. The first-order valence-corrected chi connectivity index (χ1v) is 8.14. The predicted octanol–water partition coefficient (Wildman–Crippen LogP) is 2.85. The van der Waals surface area contributed by atoms with Gasteiger partial charge < -0.3 is 0 Å². The molecular formula is C13H19FN2O4S. The Bertz CT molecular complexity index is 625. The minimum absolute atomic E-state index is 0.162. The summed E-state index contributed by atoms with van der Waals surface area (Å²) in [5.74, 6) is -1.03. The lowest BCUT2D eigenvalue weighted by atomic mass is 10.2. The van der Waals surface area contributed by atoms with E-state index in [2.05, 4.69) is 0 Å². The molecule has 0 saturated heterocycles. The van der Waals surface area contributed by atoms with E-state index in [1.807, 2.05) is 13.8 Å². The van der Waals surface area contributed by atoms with E-state index >= 15 is 0 Å². The van der Waals surface area contributed by atoms with E-state index in [4.69, 9.17) is 0 Å². The fraction of sp³-hybridized carbons (Fsp3) is 0.538. The molecule has 1 aromatic rings. The highest BCUT2D eigenvalue weighted by molar-refractivity contribution is 7.89. The lowest BCUT2D eigenvalue weighted by Gasteiger charge is -2.22. The molecule has 0 heterocycles. The third kappa shape index (κ3) is 3.76. The van der Waals surface area contributed by atoms with Crippen LogP contribution in [0.2, 0.25) is 0 Å². The highest BCUT2D eigenvalue weighted by atomic mass is 32.2. The Morgan fingerprint density at radius 2 is 1.76 bits per heavy atom. The molecule has 0 aliphatic carbocycles. The number of aryl methyl sites for hydroxylation is 1. The maximum atomic E-state index is 13.5. The summed E-state index contributed by atoms with van der Waals surface area (Å²) in [6.45, 7) is 5.76. The molecule has 0 bridgehead atoms. The van der Waals surface area contributed by atoms with E-state index in [1.165, 1.54) is 11.2 Å². The Balaban J connectivity index is 3.42. The Labute approximate surface area is 123 Å². The number of rotatable bonds is 7. The van der Waals surface area contributed by atoms with Gasteiger partial charge in [0.1, 0.15) is 0 Å². The second kappa shape index (κ2) is 6.95. The molecule has 0 N–H and O–H groups in total. The number of nitrogens with zero attached hydrogens (tertiary/aromatic N) is 2. The van der Waals surface area contributed by atoms with Crippen molar-refractivity contribution in [2.24, 2.45) is 0 Å². The third-order valence-electron chi connectivity index (χ3n) is 3.00. The highest BCUT2D eigenvalue weighted by Gasteiger charge is 2.28. The zero-order valence-electron chi connectivity index (χ0n) is 12.3. The Morgan fingerprint density at radius 1 is 1.24 bits per heavy atom. The van der Waals surface area contributed by atoms with Crippen LogP contribution in [0.3, 0.4) is 0 Å². The number of nitro benzene ring substituents is 1. The van der Waals surface area contributed by atoms with Crippen molar-refractivity contribution in [2.45, 2.75) is 38.5 Å². The fourth-order valence-corrected chi connectivity index (χ4v) is 3.90. The Kier molecular flexibility index (Phi) is 5.79. The van der Waals surface area contributed by atoms with Gasteiger partial charge in [0.25, 0.3) is 0 Å². The van der Waals surface area contributed by atoms with Gasteiger partial charge in [-0.2, -0.15) is 8.70 Å². The molecule has 118 valence electrons. The van der Waals surface area contributed by atoms with Crippen molar-refractivity contribution in [3.8, 4) is 0 Å². The number of hydrogen-bond donors (Lipinski definition) is 0. The SMILES string of the molecule is CCCN(CCC)S(=O)(=O)c1cc([N+](=O)[O-])c(F)cc1C. The van der Waals surface area contributed by atoms with Crippen molar-refractivity contribution < 1.29 is 17.7 Å². The molecule has 0 unspecified atom stereocenters. The molecule has 0 radical (unpaired) electrons. The molecule has 0 saturated carbocycles. The maximum absolute atomic E-state index is 13.5. The molecule has 0 atom stereocenters. The van der Waals surface area contributed by atoms with Crippen LogP contribution in [0.1, 0.15) is 32.3 Å². The molecule has 0 spiro atoms. The van der Waals surface area contributed by atoms with Crippen molar-refractivity contribution in [1.82, 2.24) is 4.31 Å². The van der Waals surface area contributed by atoms with Crippen LogP contribution in [0.5, 0.6) is 0 Å². The van der Waals surface area contributed by atoms with Gasteiger partial charge in [-0.05, 0) is 31.4 Å². The lowest BCUT2D eigenvalue weighted by Crippen LogP contribution is -2.33. The third-order valence-corrected chi connectivity index (χ3v) is 5.05. The molecule has 0 aromatic heterocycles. The molecule has 1 rings (SSSR count). The molecule has 0 aliphatic rings. The zero-order valence-corrected chi connectivity index (χ0v) is 13.1. The zero-order chi connectivity index (χ0) is 16.2. The summed E-state index contributed by atoms with van der Waals surface area (Å²) in [6, 6.07) is 1.69. The van der Waals surface area contributed by atoms with Crippen LogP contribution < -0.4 is 0 Å². The summed E-state index contributed by atoms with van der Waals surface area (Å²) in [5.41, 5.74) is -0.664. The van der Waals surface area contributed by atoms with Crippen LogP contribution >= 0.6 is 0 Å². The topological polar surface area (TPSA) is 80.5 Å². The second-order valence-corrected chi connectivity index (χ2v) is 6.64. The van der Waals surface area contributed by atoms with E-state index in [0.29, 0.717) is 25.9 Å². The molecule has 1 aromatic carbocycles. The summed E-state index contributed by atoms with van der Waals surface area (Å²) >= 11 is 0. The van der Waals surface area contributed by atoms with Crippen molar-refractivity contribution in [2.75, 3.05) is 13.1 Å². The van der Waals surface area contributed by atoms with Crippen LogP contribution in [-0.4, -0.2) is 30.7 Å². The number of nitro groups is 1. The summed E-state index contributed by atoms with van der Waals surface area (Å²) in [5, 5.41) is 10.8. The quantitative estimate of drug-likeness (QED) is 0.572. The minimum Gasteiger partial charge on any atom is -0.258 e. The van der Waals surface area contributed by atoms with Crippen LogP contribution in [-0.2, 0) is 10.0 Å². The van der Waals surface area contributed by atoms with Crippen LogP contribution in [0.25, 0.3) is 0 Å². The molecule has 8 heteroatoms. The van der Waals surface area contributed by atoms with Crippen molar-refractivity contribution >= 4 is 15.7 Å². The van der Waals surface area contributed by atoms with Crippen molar-refractivity contribution in [1.29, 1.82) is 0 Å². The average Bonchev–Trinajstić information content (AvgIpc) is 2.37. The average molecular weight is 318 g/mol. The molecule has 0 aliphatic heterocycles. The van der Waals surface area contributed by atoms with Gasteiger partial charge in [-0.1, -0.05) is 13.8 Å². The number of benzene rings is 1. The minimum atomic E-state index is -3.87. The largest absolute Gasteiger partial charge is 0.306 e. The number of sulfonamides is 1. The summed E-state index contributed by atoms with van der Waals surface area (Å²) in [7, 11) is -3.87. The van der Waals surface area contributed by atoms with Crippen molar-refractivity contribution in [3.63, 3.8) is 0 Å². The number of halogens is 1. The Morgan fingerprint density at radius 3 is 2.19 bits per heavy atom. The van der Waals surface area contributed by atoms with E-state index in [1.54, 1.807) is 0 Å². The van der Waals surface area contributed by atoms with Crippen LogP contribution in [0.4, 0.5) is 10.1 Å². The fourth-order valence-electron chi connectivity index (χ4n) is 2.05. The monoisotopic (exact) mass is 318 g/mol. The molecule has 21 heavy (non-hydrogen) atoms. The first-order valence-electron chi connectivity index (χ1n) is 6.70. The van der Waals surface area contributed by atoms with Gasteiger partial charge in [-0.25, -0.2) is 8.42 Å². The van der Waals surface area contributed by atoms with Gasteiger partial charge in [0.2, 0.25) is 15.8 Å². The van der Waals surface area contributed by atoms with Gasteiger partial charge in [0.05, 0.1) is 9.82 Å². The molecular weight excluding hydrogens is 299 g/mol. The van der Waals surface area contributed by atoms with Crippen LogP contribution in [0.15, 0.2) is 17.0 Å². The summed E-state index contributed by atoms with van der Waals surface area (Å²) in [6.07, 6.45) is 1.25. The van der Waals surface area contributed by atoms with Crippen LogP contribution in [0, 0.1) is 22.9 Å². The van der Waals surface area contributed by atoms with E-state index < -0.39 is 26.5 Å². The normalized spacial score (nSPS) is 11.9. The van der Waals surface area contributed by atoms with E-state index in [9.17, 15) is 22.9 Å². The smallest absolute Gasteiger partial charge is 0.258 e. The van der Waals surface area contributed by atoms with Gasteiger partial charge >= 0.3 is 5.69 Å². The van der Waals surface area contributed by atoms with Gasteiger partial charge in [-0.3, -0.25) is 10.1 Å². The van der Waals surface area contributed by atoms with Gasteiger partial charge in [-0.15, -0.1) is 0 Å². The van der Waals surface area contributed by atoms with E-state index in [0.717, 1.165) is 12.1 Å². The maximum Gasteiger partial charge on any atom is 0.306 e. The summed E-state index contributed by atoms with van der Waals surface area (Å²) in [4.78, 5) is 9.66. The standard InChI is InChI=1S/C13H19FN2O4S/c1-4-6-15(7-5-2)21(19,20)13-9-12(16(17)18)11(14)8-10(13)3/h8-9H,4-7H2,1-3H3. The highest BCUT2D eigenvalue weighted by Crippen LogP contribution is 2.27. The first-order chi connectivity index (χ1) is 9.75. The number of hydrogen-bond acceptors (Lipinski definition) is 4. The molecule has 0 amide bonds. The molecule has 0 fully saturated rings. The second-order valence-electron chi connectivity index (χ2n) is 4.73.